The Morgan fingerprint density at radius 3 is 2.80 bits per heavy atom. The molecule has 0 spiro atoms. The summed E-state index contributed by atoms with van der Waals surface area (Å²) >= 11 is 1.84. The SMILES string of the molecule is CCCN1C(=O)/C(=C/c2cc(F)c(O)c(I)c2)N=C1C. The number of amides is 1. The van der Waals surface area contributed by atoms with Gasteiger partial charge in [0.05, 0.1) is 3.57 Å². The Kier molecular flexibility index (Phi) is 4.42. The van der Waals surface area contributed by atoms with Crippen LogP contribution in [-0.4, -0.2) is 28.3 Å². The first kappa shape index (κ1) is 15.0. The van der Waals surface area contributed by atoms with Gasteiger partial charge < -0.3 is 5.11 Å². The number of phenols is 1. The Morgan fingerprint density at radius 1 is 1.50 bits per heavy atom. The van der Waals surface area contributed by atoms with Crippen LogP contribution in [0.4, 0.5) is 4.39 Å². The molecule has 1 N–H and O–H groups in total. The maximum absolute atomic E-state index is 13.5. The van der Waals surface area contributed by atoms with E-state index in [0.717, 1.165) is 6.42 Å². The molecule has 20 heavy (non-hydrogen) atoms. The van der Waals surface area contributed by atoms with E-state index in [1.165, 1.54) is 12.1 Å². The van der Waals surface area contributed by atoms with Gasteiger partial charge in [0.25, 0.3) is 5.91 Å². The third-order valence-electron chi connectivity index (χ3n) is 2.93. The molecule has 0 saturated heterocycles. The van der Waals surface area contributed by atoms with Gasteiger partial charge in [-0.05, 0) is 59.7 Å². The average molecular weight is 388 g/mol. The number of hydrogen-bond acceptors (Lipinski definition) is 3. The van der Waals surface area contributed by atoms with E-state index in [2.05, 4.69) is 4.99 Å². The molecule has 106 valence electrons. The summed E-state index contributed by atoms with van der Waals surface area (Å²) in [7, 11) is 0. The first-order valence-corrected chi connectivity index (χ1v) is 7.28. The van der Waals surface area contributed by atoms with Crippen LogP contribution in [0, 0.1) is 9.39 Å². The lowest BCUT2D eigenvalue weighted by molar-refractivity contribution is -0.122. The van der Waals surface area contributed by atoms with Crippen LogP contribution >= 0.6 is 22.6 Å². The molecule has 0 fully saturated rings. The molecule has 1 aromatic carbocycles. The van der Waals surface area contributed by atoms with Crippen LogP contribution in [0.25, 0.3) is 6.08 Å². The summed E-state index contributed by atoms with van der Waals surface area (Å²) in [5.74, 6) is -0.608. The first-order valence-electron chi connectivity index (χ1n) is 6.21. The van der Waals surface area contributed by atoms with Crippen molar-refractivity contribution >= 4 is 40.4 Å². The van der Waals surface area contributed by atoms with Crippen LogP contribution in [0.1, 0.15) is 25.8 Å². The fraction of sp³-hybridized carbons (Fsp3) is 0.286. The topological polar surface area (TPSA) is 52.9 Å². The Morgan fingerprint density at radius 2 is 2.20 bits per heavy atom. The molecule has 0 aromatic heterocycles. The summed E-state index contributed by atoms with van der Waals surface area (Å²) in [6, 6.07) is 2.79. The Hall–Kier alpha value is -1.44. The van der Waals surface area contributed by atoms with Gasteiger partial charge in [0, 0.05) is 6.54 Å². The summed E-state index contributed by atoms with van der Waals surface area (Å²) in [6.45, 7) is 4.38. The van der Waals surface area contributed by atoms with Gasteiger partial charge in [-0.3, -0.25) is 9.69 Å². The lowest BCUT2D eigenvalue weighted by atomic mass is 10.1. The maximum atomic E-state index is 13.5. The number of aliphatic imine (C=N–C) groups is 1. The normalized spacial score (nSPS) is 17.0. The van der Waals surface area contributed by atoms with Gasteiger partial charge in [0.1, 0.15) is 11.5 Å². The third kappa shape index (κ3) is 2.84. The number of nitrogens with zero attached hydrogens (tertiary/aromatic N) is 2. The van der Waals surface area contributed by atoms with Crippen molar-refractivity contribution in [2.75, 3.05) is 6.54 Å². The van der Waals surface area contributed by atoms with Crippen molar-refractivity contribution in [3.8, 4) is 5.75 Å². The molecule has 0 aliphatic carbocycles. The van der Waals surface area contributed by atoms with Crippen LogP contribution in [0.15, 0.2) is 22.8 Å². The van der Waals surface area contributed by atoms with Crippen molar-refractivity contribution in [3.05, 3.63) is 32.8 Å². The number of rotatable bonds is 3. The zero-order chi connectivity index (χ0) is 14.9. The molecule has 1 aromatic rings. The molecule has 1 heterocycles. The molecular weight excluding hydrogens is 374 g/mol. The predicted molar refractivity (Wildman–Crippen MR) is 83.9 cm³/mol. The van der Waals surface area contributed by atoms with Crippen molar-refractivity contribution in [1.29, 1.82) is 0 Å². The minimum Gasteiger partial charge on any atom is -0.504 e. The number of aromatic hydroxyl groups is 1. The summed E-state index contributed by atoms with van der Waals surface area (Å²) < 4.78 is 13.9. The highest BCUT2D eigenvalue weighted by molar-refractivity contribution is 14.1. The van der Waals surface area contributed by atoms with Gasteiger partial charge in [-0.2, -0.15) is 0 Å². The lowest BCUT2D eigenvalue weighted by Gasteiger charge is -2.13. The molecule has 0 radical (unpaired) electrons. The molecule has 1 aliphatic rings. The summed E-state index contributed by atoms with van der Waals surface area (Å²) in [4.78, 5) is 18.0. The summed E-state index contributed by atoms with van der Waals surface area (Å²) in [5.41, 5.74) is 0.791. The molecule has 0 bridgehead atoms. The third-order valence-corrected chi connectivity index (χ3v) is 3.75. The highest BCUT2D eigenvalue weighted by atomic mass is 127. The van der Waals surface area contributed by atoms with Crippen molar-refractivity contribution in [1.82, 2.24) is 4.90 Å². The van der Waals surface area contributed by atoms with E-state index >= 15 is 0 Å². The van der Waals surface area contributed by atoms with Crippen molar-refractivity contribution in [2.24, 2.45) is 4.99 Å². The molecule has 1 aliphatic heterocycles. The van der Waals surface area contributed by atoms with Gasteiger partial charge in [-0.25, -0.2) is 9.38 Å². The summed E-state index contributed by atoms with van der Waals surface area (Å²) in [5, 5.41) is 9.39. The minimum atomic E-state index is -0.708. The van der Waals surface area contributed by atoms with Gasteiger partial charge in [0.15, 0.2) is 11.6 Å². The van der Waals surface area contributed by atoms with E-state index < -0.39 is 5.82 Å². The predicted octanol–water partition coefficient (Wildman–Crippen LogP) is 3.15. The van der Waals surface area contributed by atoms with Crippen LogP contribution in [0.2, 0.25) is 0 Å². The van der Waals surface area contributed by atoms with Gasteiger partial charge in [-0.1, -0.05) is 6.92 Å². The maximum Gasteiger partial charge on any atom is 0.277 e. The van der Waals surface area contributed by atoms with Crippen molar-refractivity contribution in [3.63, 3.8) is 0 Å². The van der Waals surface area contributed by atoms with E-state index in [-0.39, 0.29) is 17.4 Å². The van der Waals surface area contributed by atoms with Crippen molar-refractivity contribution in [2.45, 2.75) is 20.3 Å². The molecule has 2 rings (SSSR count). The van der Waals surface area contributed by atoms with Crippen LogP contribution in [0.5, 0.6) is 5.75 Å². The number of amidine groups is 1. The quantitative estimate of drug-likeness (QED) is 0.639. The number of benzene rings is 1. The second kappa shape index (κ2) is 5.90. The van der Waals surface area contributed by atoms with E-state index in [1.54, 1.807) is 17.9 Å². The monoisotopic (exact) mass is 388 g/mol. The largest absolute Gasteiger partial charge is 0.504 e. The standard InChI is InChI=1S/C14H14FIN2O2/c1-3-4-18-8(2)17-12(14(18)20)7-9-5-10(15)13(19)11(16)6-9/h5-7,19H,3-4H2,1-2H3/b12-7-. The average Bonchev–Trinajstić information content (AvgIpc) is 2.64. The van der Waals surface area contributed by atoms with Crippen LogP contribution < -0.4 is 0 Å². The van der Waals surface area contributed by atoms with E-state index in [1.807, 2.05) is 29.5 Å². The molecule has 1 amide bonds. The fourth-order valence-electron chi connectivity index (χ4n) is 1.98. The summed E-state index contributed by atoms with van der Waals surface area (Å²) in [6.07, 6.45) is 2.38. The molecule has 0 unspecified atom stereocenters. The smallest absolute Gasteiger partial charge is 0.277 e. The zero-order valence-corrected chi connectivity index (χ0v) is 13.3. The van der Waals surface area contributed by atoms with Gasteiger partial charge >= 0.3 is 0 Å². The number of phenolic OH excluding ortho intramolecular Hbond substituents is 1. The molecule has 6 heteroatoms. The number of carbonyl (C=O) groups is 1. The second-order valence-corrected chi connectivity index (χ2v) is 5.64. The van der Waals surface area contributed by atoms with E-state index in [9.17, 15) is 14.3 Å². The fourth-order valence-corrected chi connectivity index (χ4v) is 2.59. The first-order chi connectivity index (χ1) is 9.43. The van der Waals surface area contributed by atoms with Crippen molar-refractivity contribution < 1.29 is 14.3 Å². The van der Waals surface area contributed by atoms with Gasteiger partial charge in [-0.15, -0.1) is 0 Å². The number of carbonyl (C=O) groups excluding carboxylic acids is 1. The molecule has 0 atom stereocenters. The van der Waals surface area contributed by atoms with Crippen LogP contribution in [-0.2, 0) is 4.79 Å². The Labute approximate surface area is 130 Å². The molecule has 4 nitrogen and oxygen atoms in total. The molecular formula is C14H14FIN2O2. The van der Waals surface area contributed by atoms with E-state index in [4.69, 9.17) is 0 Å². The van der Waals surface area contributed by atoms with E-state index in [0.29, 0.717) is 21.5 Å². The lowest BCUT2D eigenvalue weighted by Crippen LogP contribution is -2.31. The molecule has 0 saturated carbocycles. The Balaban J connectivity index is 2.35. The number of halogens is 2. The Bertz CT molecular complexity index is 603. The van der Waals surface area contributed by atoms with Gasteiger partial charge in [0.2, 0.25) is 0 Å². The highest BCUT2D eigenvalue weighted by Gasteiger charge is 2.26. The minimum absolute atomic E-state index is 0.173. The zero-order valence-electron chi connectivity index (χ0n) is 11.2. The number of hydrogen-bond donors (Lipinski definition) is 1. The second-order valence-electron chi connectivity index (χ2n) is 4.48. The van der Waals surface area contributed by atoms with Crippen LogP contribution in [0.3, 0.4) is 0 Å². The highest BCUT2D eigenvalue weighted by Crippen LogP contribution is 2.27.